The minimum Gasteiger partial charge on any atom is -0.493 e. The molecule has 0 fully saturated rings. The van der Waals surface area contributed by atoms with Gasteiger partial charge in [0.05, 0.1) is 11.5 Å². The van der Waals surface area contributed by atoms with Gasteiger partial charge in [0, 0.05) is 18.9 Å². The number of pyridine rings is 1. The van der Waals surface area contributed by atoms with Crippen molar-refractivity contribution in [3.63, 3.8) is 0 Å². The van der Waals surface area contributed by atoms with E-state index in [0.29, 0.717) is 6.61 Å². The number of sulfonamides is 1. The van der Waals surface area contributed by atoms with Gasteiger partial charge in [-0.15, -0.1) is 0 Å². The number of hydrogen-bond donors (Lipinski definition) is 1. The Kier molecular flexibility index (Phi) is 6.12. The van der Waals surface area contributed by atoms with Crippen molar-refractivity contribution in [3.05, 3.63) is 53.9 Å². The van der Waals surface area contributed by atoms with Crippen LogP contribution >= 0.6 is 0 Å². The summed E-state index contributed by atoms with van der Waals surface area (Å²) < 4.78 is 32.9. The van der Waals surface area contributed by atoms with Crippen molar-refractivity contribution >= 4 is 10.0 Å². The molecule has 2 aromatic rings. The molecule has 1 aromatic heterocycles. The number of nitrogens with one attached hydrogen (secondary N) is 1. The standard InChI is InChI=1S/C17H22N2O3S/c1-3-4-10-22-17-8-7-16(11-14(17)2)23(20,21)19-13-15-6-5-9-18-12-15/h5-9,11-12,19H,3-4,10,13H2,1-2H3. The van der Waals surface area contributed by atoms with Crippen LogP contribution in [0.4, 0.5) is 0 Å². The number of unbranched alkanes of at least 4 members (excludes halogenated alkanes) is 1. The molecule has 0 amide bonds. The number of ether oxygens (including phenoxy) is 1. The van der Waals surface area contributed by atoms with E-state index < -0.39 is 10.0 Å². The first-order chi connectivity index (χ1) is 11.0. The summed E-state index contributed by atoms with van der Waals surface area (Å²) in [7, 11) is -3.56. The highest BCUT2D eigenvalue weighted by Gasteiger charge is 2.15. The molecule has 0 bridgehead atoms. The highest BCUT2D eigenvalue weighted by molar-refractivity contribution is 7.89. The first kappa shape index (κ1) is 17.4. The molecule has 0 spiro atoms. The van der Waals surface area contributed by atoms with Gasteiger partial charge in [0.2, 0.25) is 10.0 Å². The molecular weight excluding hydrogens is 312 g/mol. The fraction of sp³-hybridized carbons (Fsp3) is 0.353. The quantitative estimate of drug-likeness (QED) is 0.753. The third kappa shape index (κ3) is 5.04. The summed E-state index contributed by atoms with van der Waals surface area (Å²) in [5.74, 6) is 0.727. The number of nitrogens with zero attached hydrogens (tertiary/aromatic N) is 1. The van der Waals surface area contributed by atoms with Gasteiger partial charge in [-0.2, -0.15) is 0 Å². The Hall–Kier alpha value is -1.92. The first-order valence-electron chi connectivity index (χ1n) is 7.65. The second-order valence-corrected chi connectivity index (χ2v) is 7.08. The van der Waals surface area contributed by atoms with Gasteiger partial charge >= 0.3 is 0 Å². The zero-order valence-electron chi connectivity index (χ0n) is 13.5. The lowest BCUT2D eigenvalue weighted by molar-refractivity contribution is 0.307. The minimum absolute atomic E-state index is 0.212. The van der Waals surface area contributed by atoms with Crippen molar-refractivity contribution in [2.24, 2.45) is 0 Å². The van der Waals surface area contributed by atoms with E-state index in [9.17, 15) is 8.42 Å². The van der Waals surface area contributed by atoms with Crippen LogP contribution in [0.2, 0.25) is 0 Å². The molecule has 124 valence electrons. The summed E-state index contributed by atoms with van der Waals surface area (Å²) in [5.41, 5.74) is 1.62. The first-order valence-corrected chi connectivity index (χ1v) is 9.13. The topological polar surface area (TPSA) is 68.3 Å². The van der Waals surface area contributed by atoms with Crippen LogP contribution in [0, 0.1) is 6.92 Å². The van der Waals surface area contributed by atoms with Gasteiger partial charge in [-0.1, -0.05) is 19.4 Å². The second-order valence-electron chi connectivity index (χ2n) is 5.32. The van der Waals surface area contributed by atoms with Crippen molar-refractivity contribution in [1.29, 1.82) is 0 Å². The van der Waals surface area contributed by atoms with Crippen LogP contribution in [0.1, 0.15) is 30.9 Å². The predicted octanol–water partition coefficient (Wildman–Crippen LogP) is 3.05. The van der Waals surface area contributed by atoms with Gasteiger partial charge in [-0.05, 0) is 48.7 Å². The van der Waals surface area contributed by atoms with Crippen molar-refractivity contribution in [2.45, 2.75) is 38.1 Å². The molecule has 0 radical (unpaired) electrons. The molecule has 6 heteroatoms. The summed E-state index contributed by atoms with van der Waals surface area (Å²) >= 11 is 0. The average Bonchev–Trinajstić information content (AvgIpc) is 2.55. The molecular formula is C17H22N2O3S. The maximum Gasteiger partial charge on any atom is 0.240 e. The van der Waals surface area contributed by atoms with Crippen molar-refractivity contribution < 1.29 is 13.2 Å². The van der Waals surface area contributed by atoms with E-state index in [1.54, 1.807) is 36.7 Å². The summed E-state index contributed by atoms with van der Waals surface area (Å²) in [6, 6.07) is 8.51. The van der Waals surface area contributed by atoms with E-state index in [-0.39, 0.29) is 11.4 Å². The molecule has 0 saturated carbocycles. The summed E-state index contributed by atoms with van der Waals surface area (Å²) in [6.07, 6.45) is 5.33. The molecule has 0 aliphatic rings. The van der Waals surface area contributed by atoms with E-state index in [1.165, 1.54) is 0 Å². The summed E-state index contributed by atoms with van der Waals surface area (Å²) in [4.78, 5) is 4.21. The molecule has 2 rings (SSSR count). The largest absolute Gasteiger partial charge is 0.493 e. The Labute approximate surface area is 137 Å². The smallest absolute Gasteiger partial charge is 0.240 e. The number of aromatic nitrogens is 1. The molecule has 0 saturated heterocycles. The van der Waals surface area contributed by atoms with E-state index in [0.717, 1.165) is 29.7 Å². The van der Waals surface area contributed by atoms with Crippen molar-refractivity contribution in [1.82, 2.24) is 9.71 Å². The third-order valence-corrected chi connectivity index (χ3v) is 4.80. The highest BCUT2D eigenvalue weighted by atomic mass is 32.2. The number of aryl methyl sites for hydroxylation is 1. The average molecular weight is 334 g/mol. The normalized spacial score (nSPS) is 11.4. The maximum atomic E-state index is 12.4. The SMILES string of the molecule is CCCCOc1ccc(S(=O)(=O)NCc2cccnc2)cc1C. The molecule has 0 aliphatic heterocycles. The molecule has 0 aliphatic carbocycles. The van der Waals surface area contributed by atoms with Gasteiger partial charge < -0.3 is 4.74 Å². The Morgan fingerprint density at radius 3 is 2.74 bits per heavy atom. The fourth-order valence-electron chi connectivity index (χ4n) is 2.04. The molecule has 0 atom stereocenters. The fourth-order valence-corrected chi connectivity index (χ4v) is 3.14. The highest BCUT2D eigenvalue weighted by Crippen LogP contribution is 2.22. The number of hydrogen-bond acceptors (Lipinski definition) is 4. The Balaban J connectivity index is 2.06. The van der Waals surface area contributed by atoms with E-state index in [4.69, 9.17) is 4.74 Å². The van der Waals surface area contributed by atoms with Gasteiger partial charge in [0.15, 0.2) is 0 Å². The Morgan fingerprint density at radius 2 is 2.09 bits per heavy atom. The lowest BCUT2D eigenvalue weighted by atomic mass is 10.2. The van der Waals surface area contributed by atoms with E-state index in [2.05, 4.69) is 16.6 Å². The molecule has 1 N–H and O–H groups in total. The van der Waals surface area contributed by atoms with Crippen LogP contribution < -0.4 is 9.46 Å². The number of rotatable bonds is 8. The van der Waals surface area contributed by atoms with Gasteiger partial charge in [-0.3, -0.25) is 4.98 Å². The van der Waals surface area contributed by atoms with Crippen molar-refractivity contribution in [2.75, 3.05) is 6.61 Å². The van der Waals surface area contributed by atoms with Crippen LogP contribution in [-0.2, 0) is 16.6 Å². The summed E-state index contributed by atoms with van der Waals surface area (Å²) in [6.45, 7) is 4.80. The van der Waals surface area contributed by atoms with E-state index in [1.807, 2.05) is 13.0 Å². The predicted molar refractivity (Wildman–Crippen MR) is 89.8 cm³/mol. The van der Waals surface area contributed by atoms with Crippen LogP contribution in [0.25, 0.3) is 0 Å². The zero-order chi connectivity index (χ0) is 16.7. The van der Waals surface area contributed by atoms with Crippen LogP contribution in [0.5, 0.6) is 5.75 Å². The van der Waals surface area contributed by atoms with Gasteiger partial charge in [0.25, 0.3) is 0 Å². The zero-order valence-corrected chi connectivity index (χ0v) is 14.3. The lowest BCUT2D eigenvalue weighted by Crippen LogP contribution is -2.23. The molecule has 1 heterocycles. The Bertz CT molecular complexity index is 731. The number of benzene rings is 1. The Morgan fingerprint density at radius 1 is 1.26 bits per heavy atom. The monoisotopic (exact) mass is 334 g/mol. The van der Waals surface area contributed by atoms with Crippen LogP contribution in [0.15, 0.2) is 47.6 Å². The third-order valence-electron chi connectivity index (χ3n) is 3.40. The van der Waals surface area contributed by atoms with E-state index >= 15 is 0 Å². The second kappa shape index (κ2) is 8.08. The van der Waals surface area contributed by atoms with Gasteiger partial charge in [-0.25, -0.2) is 13.1 Å². The summed E-state index contributed by atoms with van der Waals surface area (Å²) in [5, 5.41) is 0. The molecule has 1 aromatic carbocycles. The molecule has 5 nitrogen and oxygen atoms in total. The van der Waals surface area contributed by atoms with Crippen LogP contribution in [0.3, 0.4) is 0 Å². The molecule has 23 heavy (non-hydrogen) atoms. The minimum atomic E-state index is -3.56. The van der Waals surface area contributed by atoms with Crippen molar-refractivity contribution in [3.8, 4) is 5.75 Å². The maximum absolute atomic E-state index is 12.4. The van der Waals surface area contributed by atoms with Gasteiger partial charge in [0.1, 0.15) is 5.75 Å². The lowest BCUT2D eigenvalue weighted by Gasteiger charge is -2.11. The van der Waals surface area contributed by atoms with Crippen LogP contribution in [-0.4, -0.2) is 20.0 Å². The molecule has 0 unspecified atom stereocenters.